The molecule has 45 heavy (non-hydrogen) atoms. The summed E-state index contributed by atoms with van der Waals surface area (Å²) in [6.07, 6.45) is 0. The molecule has 5 heteroatoms. The lowest BCUT2D eigenvalue weighted by Crippen LogP contribution is -1.96. The standard InChI is InChI=1S/C40H21N5/c41-22-28-11-7-12-29(23-42)39(28)27-17-18-37-34(19-27)35-20-36(40-30(24-43)13-8-14-31(40)25-44)33(26-9-3-1-4-10-26)21-38(35)45(37)32-15-5-2-6-16-32/h1-21H. The van der Waals surface area contributed by atoms with Crippen molar-refractivity contribution in [3.63, 3.8) is 0 Å². The Kier molecular flexibility index (Phi) is 6.62. The molecule has 0 fully saturated rings. The lowest BCUT2D eigenvalue weighted by Gasteiger charge is -2.15. The van der Waals surface area contributed by atoms with Crippen molar-refractivity contribution in [3.05, 3.63) is 150 Å². The largest absolute Gasteiger partial charge is 0.309 e. The number of hydrogen-bond donors (Lipinski definition) is 0. The Morgan fingerprint density at radius 1 is 0.400 bits per heavy atom. The van der Waals surface area contributed by atoms with E-state index in [1.807, 2.05) is 66.7 Å². The normalized spacial score (nSPS) is 10.6. The molecule has 5 nitrogen and oxygen atoms in total. The van der Waals surface area contributed by atoms with Crippen LogP contribution in [0.2, 0.25) is 0 Å². The third kappa shape index (κ3) is 4.38. The van der Waals surface area contributed by atoms with Crippen LogP contribution in [0.4, 0.5) is 0 Å². The lowest BCUT2D eigenvalue weighted by atomic mass is 9.87. The first-order valence-corrected chi connectivity index (χ1v) is 14.3. The Bertz CT molecular complexity index is 2400. The van der Waals surface area contributed by atoms with Gasteiger partial charge in [0.25, 0.3) is 0 Å². The molecule has 0 atom stereocenters. The SMILES string of the molecule is N#Cc1cccc(C#N)c1-c1ccc2c(c1)c1cc(-c3c(C#N)cccc3C#N)c(-c3ccccc3)cc1n2-c1ccccc1. The van der Waals surface area contributed by atoms with Crippen molar-refractivity contribution in [2.24, 2.45) is 0 Å². The highest BCUT2D eigenvalue weighted by molar-refractivity contribution is 6.14. The summed E-state index contributed by atoms with van der Waals surface area (Å²) in [4.78, 5) is 0. The quantitative estimate of drug-likeness (QED) is 0.210. The van der Waals surface area contributed by atoms with E-state index in [1.165, 1.54) is 0 Å². The molecule has 0 aliphatic rings. The summed E-state index contributed by atoms with van der Waals surface area (Å²) in [5, 5.41) is 42.0. The third-order valence-electron chi connectivity index (χ3n) is 8.17. The van der Waals surface area contributed by atoms with Crippen molar-refractivity contribution < 1.29 is 0 Å². The minimum absolute atomic E-state index is 0.416. The molecule has 0 unspecified atom stereocenters. The zero-order valence-corrected chi connectivity index (χ0v) is 23.9. The lowest BCUT2D eigenvalue weighted by molar-refractivity contribution is 1.18. The summed E-state index contributed by atoms with van der Waals surface area (Å²) >= 11 is 0. The van der Waals surface area contributed by atoms with Gasteiger partial charge in [-0.3, -0.25) is 0 Å². The maximum absolute atomic E-state index is 10.1. The first-order chi connectivity index (χ1) is 22.2. The molecule has 1 aromatic heterocycles. The van der Waals surface area contributed by atoms with Crippen LogP contribution < -0.4 is 0 Å². The highest BCUT2D eigenvalue weighted by Crippen LogP contribution is 2.43. The number of fused-ring (bicyclic) bond motifs is 3. The molecule has 0 radical (unpaired) electrons. The Morgan fingerprint density at radius 3 is 1.51 bits per heavy atom. The maximum atomic E-state index is 10.1. The van der Waals surface area contributed by atoms with E-state index in [0.717, 1.165) is 49.7 Å². The number of nitriles is 4. The summed E-state index contributed by atoms with van der Waals surface area (Å²) < 4.78 is 2.20. The molecule has 0 N–H and O–H groups in total. The first-order valence-electron chi connectivity index (χ1n) is 14.3. The fraction of sp³-hybridized carbons (Fsp3) is 0. The molecule has 6 aromatic carbocycles. The Hall–Kier alpha value is -6.92. The third-order valence-corrected chi connectivity index (χ3v) is 8.17. The molecule has 0 saturated carbocycles. The van der Waals surface area contributed by atoms with E-state index in [0.29, 0.717) is 33.4 Å². The number of rotatable bonds is 4. The molecular weight excluding hydrogens is 550 g/mol. The van der Waals surface area contributed by atoms with Gasteiger partial charge >= 0.3 is 0 Å². The molecule has 0 amide bonds. The average Bonchev–Trinajstić information content (AvgIpc) is 3.43. The van der Waals surface area contributed by atoms with Gasteiger partial charge in [-0.1, -0.05) is 66.7 Å². The van der Waals surface area contributed by atoms with E-state index in [-0.39, 0.29) is 0 Å². The molecule has 206 valence electrons. The van der Waals surface area contributed by atoms with Gasteiger partial charge in [-0.2, -0.15) is 21.0 Å². The number of aromatic nitrogens is 1. The maximum Gasteiger partial charge on any atom is 0.0998 e. The Morgan fingerprint density at radius 2 is 0.933 bits per heavy atom. The van der Waals surface area contributed by atoms with Gasteiger partial charge in [-0.25, -0.2) is 0 Å². The monoisotopic (exact) mass is 571 g/mol. The first kappa shape index (κ1) is 26.9. The molecule has 1 heterocycles. The van der Waals surface area contributed by atoms with Gasteiger partial charge in [0.1, 0.15) is 0 Å². The van der Waals surface area contributed by atoms with E-state index in [9.17, 15) is 21.0 Å². The molecule has 0 bridgehead atoms. The Labute approximate surface area is 259 Å². The van der Waals surface area contributed by atoms with Crippen LogP contribution in [0.25, 0.3) is 60.9 Å². The van der Waals surface area contributed by atoms with E-state index >= 15 is 0 Å². The fourth-order valence-corrected chi connectivity index (χ4v) is 6.22. The topological polar surface area (TPSA) is 100 Å². The second-order valence-corrected chi connectivity index (χ2v) is 10.6. The zero-order valence-electron chi connectivity index (χ0n) is 23.9. The molecule has 0 aliphatic carbocycles. The second-order valence-electron chi connectivity index (χ2n) is 10.6. The van der Waals surface area contributed by atoms with Gasteiger partial charge in [0.2, 0.25) is 0 Å². The fourth-order valence-electron chi connectivity index (χ4n) is 6.22. The van der Waals surface area contributed by atoms with Crippen molar-refractivity contribution in [2.75, 3.05) is 0 Å². The van der Waals surface area contributed by atoms with Gasteiger partial charge in [0.15, 0.2) is 0 Å². The van der Waals surface area contributed by atoms with Gasteiger partial charge in [-0.15, -0.1) is 0 Å². The highest BCUT2D eigenvalue weighted by Gasteiger charge is 2.22. The van der Waals surface area contributed by atoms with E-state index in [1.54, 1.807) is 36.4 Å². The smallest absolute Gasteiger partial charge is 0.0998 e. The van der Waals surface area contributed by atoms with Gasteiger partial charge in [0, 0.05) is 27.6 Å². The molecule has 0 aliphatic heterocycles. The van der Waals surface area contributed by atoms with Crippen LogP contribution in [0, 0.1) is 45.3 Å². The predicted molar refractivity (Wildman–Crippen MR) is 176 cm³/mol. The second kappa shape index (κ2) is 11.1. The Balaban J connectivity index is 1.66. The van der Waals surface area contributed by atoms with Crippen LogP contribution in [0.15, 0.2) is 127 Å². The zero-order chi connectivity index (χ0) is 30.9. The molecular formula is C40H21N5. The molecule has 7 rings (SSSR count). The molecule has 0 spiro atoms. The minimum Gasteiger partial charge on any atom is -0.309 e. The number of hydrogen-bond acceptors (Lipinski definition) is 4. The van der Waals surface area contributed by atoms with E-state index in [4.69, 9.17) is 0 Å². The number of para-hydroxylation sites is 1. The highest BCUT2D eigenvalue weighted by atomic mass is 15.0. The molecule has 7 aromatic rings. The van der Waals surface area contributed by atoms with Crippen LogP contribution in [-0.4, -0.2) is 4.57 Å². The summed E-state index contributed by atoms with van der Waals surface area (Å²) in [5.41, 5.74) is 9.10. The van der Waals surface area contributed by atoms with Crippen molar-refractivity contribution in [1.29, 1.82) is 21.0 Å². The van der Waals surface area contributed by atoms with E-state index in [2.05, 4.69) is 53.1 Å². The van der Waals surface area contributed by atoms with Gasteiger partial charge in [-0.05, 0) is 82.9 Å². The van der Waals surface area contributed by atoms with Crippen LogP contribution >= 0.6 is 0 Å². The molecule has 0 saturated heterocycles. The van der Waals surface area contributed by atoms with Crippen LogP contribution in [0.1, 0.15) is 22.3 Å². The van der Waals surface area contributed by atoms with Crippen molar-refractivity contribution in [1.82, 2.24) is 4.57 Å². The van der Waals surface area contributed by atoms with Crippen molar-refractivity contribution >= 4 is 21.8 Å². The summed E-state index contributed by atoms with van der Waals surface area (Å²) in [5.74, 6) is 0. The number of benzene rings is 6. The summed E-state index contributed by atoms with van der Waals surface area (Å²) in [6, 6.07) is 49.7. The van der Waals surface area contributed by atoms with Crippen LogP contribution in [0.5, 0.6) is 0 Å². The number of nitrogens with zero attached hydrogens (tertiary/aromatic N) is 5. The summed E-state index contributed by atoms with van der Waals surface area (Å²) in [6.45, 7) is 0. The van der Waals surface area contributed by atoms with Crippen LogP contribution in [-0.2, 0) is 0 Å². The van der Waals surface area contributed by atoms with Gasteiger partial charge in [0.05, 0.1) is 57.6 Å². The predicted octanol–water partition coefficient (Wildman–Crippen LogP) is 9.27. The average molecular weight is 572 g/mol. The summed E-state index contributed by atoms with van der Waals surface area (Å²) in [7, 11) is 0. The van der Waals surface area contributed by atoms with Crippen molar-refractivity contribution in [2.45, 2.75) is 0 Å². The van der Waals surface area contributed by atoms with E-state index < -0.39 is 0 Å². The van der Waals surface area contributed by atoms with Crippen molar-refractivity contribution in [3.8, 4) is 63.3 Å². The van der Waals surface area contributed by atoms with Crippen LogP contribution in [0.3, 0.4) is 0 Å². The van der Waals surface area contributed by atoms with Gasteiger partial charge < -0.3 is 4.57 Å². The minimum atomic E-state index is 0.416.